The van der Waals surface area contributed by atoms with E-state index in [0.717, 1.165) is 16.2 Å². The van der Waals surface area contributed by atoms with Gasteiger partial charge >= 0.3 is 0 Å². The van der Waals surface area contributed by atoms with Gasteiger partial charge in [-0.05, 0) is 56.9 Å². The number of ether oxygens (including phenoxy) is 1. The van der Waals surface area contributed by atoms with E-state index in [9.17, 15) is 0 Å². The summed E-state index contributed by atoms with van der Waals surface area (Å²) < 4.78 is 6.23. The number of hydrogen-bond donors (Lipinski definition) is 0. The second-order valence-electron chi connectivity index (χ2n) is 2.08. The lowest BCUT2D eigenvalue weighted by molar-refractivity contribution is 0.165. The Kier molecular flexibility index (Phi) is 3.49. The van der Waals surface area contributed by atoms with Gasteiger partial charge in [-0.1, -0.05) is 0 Å². The van der Waals surface area contributed by atoms with Crippen LogP contribution in [0, 0.1) is 0 Å². The Bertz CT molecular complexity index is 159. The van der Waals surface area contributed by atoms with Crippen LogP contribution in [0.5, 0.6) is 0 Å². The molecule has 1 atom stereocenters. The van der Waals surface area contributed by atoms with Gasteiger partial charge in [-0.2, -0.15) is 0 Å². The zero-order chi connectivity index (χ0) is 7.40. The van der Waals surface area contributed by atoms with Crippen molar-refractivity contribution in [1.82, 2.24) is 0 Å². The number of allylic oxidation sites excluding steroid dienone is 1. The van der Waals surface area contributed by atoms with E-state index in [4.69, 9.17) is 4.74 Å². The predicted octanol–water partition coefficient (Wildman–Crippen LogP) is 3.31. The fourth-order valence-corrected chi connectivity index (χ4v) is 1.41. The fourth-order valence-electron chi connectivity index (χ4n) is 0.816. The largest absolute Gasteiger partial charge is 0.494 e. The molecule has 1 rings (SSSR count). The summed E-state index contributed by atoms with van der Waals surface area (Å²) >= 11 is 6.57. The van der Waals surface area contributed by atoms with Crippen LogP contribution >= 0.6 is 31.9 Å². The lowest BCUT2D eigenvalue weighted by Gasteiger charge is -2.15. The minimum Gasteiger partial charge on any atom is -0.494 e. The third-order valence-electron chi connectivity index (χ3n) is 1.28. The monoisotopic (exact) mass is 266 g/mol. The van der Waals surface area contributed by atoms with E-state index in [-0.39, 0.29) is 6.10 Å². The Balaban J connectivity index is 2.42. The first kappa shape index (κ1) is 8.34. The van der Waals surface area contributed by atoms with E-state index in [0.29, 0.717) is 0 Å². The maximum absolute atomic E-state index is 5.27. The van der Waals surface area contributed by atoms with Gasteiger partial charge in [0, 0.05) is 0 Å². The van der Waals surface area contributed by atoms with Crippen LogP contribution in [-0.4, -0.2) is 6.10 Å². The van der Waals surface area contributed by atoms with Gasteiger partial charge in [0.1, 0.15) is 6.10 Å². The molecule has 0 N–H and O–H groups in total. The number of rotatable bonds is 1. The van der Waals surface area contributed by atoms with Gasteiger partial charge < -0.3 is 4.74 Å². The number of halogens is 2. The van der Waals surface area contributed by atoms with Crippen LogP contribution in [-0.2, 0) is 4.74 Å². The Hall–Kier alpha value is 0.240. The molecule has 1 aliphatic rings. The van der Waals surface area contributed by atoms with Crippen LogP contribution in [0.25, 0.3) is 0 Å². The van der Waals surface area contributed by atoms with Gasteiger partial charge in [0.25, 0.3) is 0 Å². The molecule has 0 aromatic rings. The minimum atomic E-state index is 0.235. The SMILES string of the molecule is BrC(Br)=CC1CCC=CO1. The molecule has 0 bridgehead atoms. The average Bonchev–Trinajstić information content (AvgIpc) is 1.88. The highest BCUT2D eigenvalue weighted by Crippen LogP contribution is 2.19. The van der Waals surface area contributed by atoms with Gasteiger partial charge in [-0.25, -0.2) is 0 Å². The van der Waals surface area contributed by atoms with Crippen molar-refractivity contribution in [1.29, 1.82) is 0 Å². The van der Waals surface area contributed by atoms with E-state index in [1.807, 2.05) is 12.2 Å². The molecule has 1 aliphatic heterocycles. The van der Waals surface area contributed by atoms with E-state index < -0.39 is 0 Å². The van der Waals surface area contributed by atoms with E-state index in [2.05, 4.69) is 31.9 Å². The molecule has 56 valence electrons. The first-order valence-corrected chi connectivity index (χ1v) is 4.71. The third kappa shape index (κ3) is 2.88. The predicted molar refractivity (Wildman–Crippen MR) is 49.2 cm³/mol. The van der Waals surface area contributed by atoms with Crippen LogP contribution in [0.2, 0.25) is 0 Å². The molecular formula is C7H8Br2O. The van der Waals surface area contributed by atoms with Crippen molar-refractivity contribution in [2.45, 2.75) is 18.9 Å². The van der Waals surface area contributed by atoms with Crippen molar-refractivity contribution in [2.24, 2.45) is 0 Å². The highest BCUT2D eigenvalue weighted by molar-refractivity contribution is 9.28. The Morgan fingerprint density at radius 3 is 2.90 bits per heavy atom. The lowest BCUT2D eigenvalue weighted by Crippen LogP contribution is -2.08. The molecule has 0 radical (unpaired) electrons. The molecule has 0 aliphatic carbocycles. The van der Waals surface area contributed by atoms with E-state index in [1.54, 1.807) is 6.26 Å². The van der Waals surface area contributed by atoms with Gasteiger partial charge in [0.2, 0.25) is 0 Å². The Labute approximate surface area is 77.4 Å². The van der Waals surface area contributed by atoms with Gasteiger partial charge in [0.15, 0.2) is 0 Å². The molecule has 0 fully saturated rings. The molecule has 3 heteroatoms. The quantitative estimate of drug-likeness (QED) is 0.708. The van der Waals surface area contributed by atoms with Crippen molar-refractivity contribution in [3.63, 3.8) is 0 Å². The molecule has 0 saturated carbocycles. The summed E-state index contributed by atoms with van der Waals surface area (Å²) in [5, 5.41) is 0. The topological polar surface area (TPSA) is 9.23 Å². The normalized spacial score (nSPS) is 23.6. The summed E-state index contributed by atoms with van der Waals surface area (Å²) in [6, 6.07) is 0. The number of hydrogen-bond acceptors (Lipinski definition) is 1. The Morgan fingerprint density at radius 1 is 1.60 bits per heavy atom. The molecule has 0 spiro atoms. The van der Waals surface area contributed by atoms with Crippen molar-refractivity contribution >= 4 is 31.9 Å². The highest BCUT2D eigenvalue weighted by atomic mass is 79.9. The standard InChI is InChI=1S/C7H8Br2O/c8-7(9)5-6-3-1-2-4-10-6/h2,4-6H,1,3H2. The summed E-state index contributed by atoms with van der Waals surface area (Å²) in [6.07, 6.45) is 8.20. The maximum atomic E-state index is 5.27. The maximum Gasteiger partial charge on any atom is 0.118 e. The molecule has 0 aromatic heterocycles. The zero-order valence-corrected chi connectivity index (χ0v) is 8.56. The zero-order valence-electron chi connectivity index (χ0n) is 5.39. The molecule has 1 nitrogen and oxygen atoms in total. The van der Waals surface area contributed by atoms with Crippen molar-refractivity contribution in [3.05, 3.63) is 21.8 Å². The molecule has 1 heterocycles. The fraction of sp³-hybridized carbons (Fsp3) is 0.429. The Morgan fingerprint density at radius 2 is 2.40 bits per heavy atom. The summed E-state index contributed by atoms with van der Waals surface area (Å²) in [5.74, 6) is 0. The molecule has 10 heavy (non-hydrogen) atoms. The molecule has 1 unspecified atom stereocenters. The van der Waals surface area contributed by atoms with Crippen LogP contribution in [0.4, 0.5) is 0 Å². The second-order valence-corrected chi connectivity index (χ2v) is 4.85. The second kappa shape index (κ2) is 4.19. The lowest BCUT2D eigenvalue weighted by atomic mass is 10.2. The van der Waals surface area contributed by atoms with Crippen LogP contribution in [0.15, 0.2) is 21.8 Å². The summed E-state index contributed by atoms with van der Waals surface area (Å²) in [5.41, 5.74) is 0. The van der Waals surface area contributed by atoms with Crippen molar-refractivity contribution in [2.75, 3.05) is 0 Å². The van der Waals surface area contributed by atoms with E-state index in [1.165, 1.54) is 0 Å². The van der Waals surface area contributed by atoms with Gasteiger partial charge in [-0.15, -0.1) is 0 Å². The van der Waals surface area contributed by atoms with Crippen LogP contribution < -0.4 is 0 Å². The van der Waals surface area contributed by atoms with Crippen molar-refractivity contribution < 1.29 is 4.74 Å². The average molecular weight is 268 g/mol. The third-order valence-corrected chi connectivity index (χ3v) is 1.81. The first-order chi connectivity index (χ1) is 4.79. The molecular weight excluding hydrogens is 260 g/mol. The van der Waals surface area contributed by atoms with Crippen LogP contribution in [0.1, 0.15) is 12.8 Å². The van der Waals surface area contributed by atoms with Crippen LogP contribution in [0.3, 0.4) is 0 Å². The minimum absolute atomic E-state index is 0.235. The van der Waals surface area contributed by atoms with Gasteiger partial charge in [-0.3, -0.25) is 0 Å². The molecule has 0 saturated heterocycles. The van der Waals surface area contributed by atoms with E-state index >= 15 is 0 Å². The molecule has 0 aromatic carbocycles. The summed E-state index contributed by atoms with van der Waals surface area (Å²) in [4.78, 5) is 0. The highest BCUT2D eigenvalue weighted by Gasteiger charge is 2.06. The summed E-state index contributed by atoms with van der Waals surface area (Å²) in [7, 11) is 0. The smallest absolute Gasteiger partial charge is 0.118 e. The first-order valence-electron chi connectivity index (χ1n) is 3.12. The van der Waals surface area contributed by atoms with Crippen molar-refractivity contribution in [3.8, 4) is 0 Å². The molecule has 0 amide bonds. The summed E-state index contributed by atoms with van der Waals surface area (Å²) in [6.45, 7) is 0. The van der Waals surface area contributed by atoms with Gasteiger partial charge in [0.05, 0.1) is 9.65 Å².